The van der Waals surface area contributed by atoms with Gasteiger partial charge in [-0.05, 0) is 12.1 Å². The van der Waals surface area contributed by atoms with E-state index in [9.17, 15) is 13.2 Å². The molecule has 0 radical (unpaired) electrons. The molecule has 3 heterocycles. The molecule has 1 fully saturated rings. The Balaban J connectivity index is 1.57. The Morgan fingerprint density at radius 1 is 1.12 bits per heavy atom. The van der Waals surface area contributed by atoms with E-state index < -0.39 is 12.0 Å². The smallest absolute Gasteiger partial charge is 0.355 e. The van der Waals surface area contributed by atoms with Gasteiger partial charge in [-0.3, -0.25) is 0 Å². The quantitative estimate of drug-likeness (QED) is 0.649. The van der Waals surface area contributed by atoms with Crippen molar-refractivity contribution in [3.05, 3.63) is 47.1 Å². The highest BCUT2D eigenvalue weighted by Gasteiger charge is 2.38. The van der Waals surface area contributed by atoms with Gasteiger partial charge in [-0.15, -0.1) is 0 Å². The van der Waals surface area contributed by atoms with Crippen LogP contribution in [0.1, 0.15) is 17.6 Å². The highest BCUT2D eigenvalue weighted by molar-refractivity contribution is 6.29. The van der Waals surface area contributed by atoms with Gasteiger partial charge in [0.2, 0.25) is 5.82 Å². The summed E-state index contributed by atoms with van der Waals surface area (Å²) in [6.45, 7) is 1.06. The number of anilines is 1. The number of aromatic nitrogens is 4. The highest BCUT2D eigenvalue weighted by atomic mass is 35.5. The summed E-state index contributed by atoms with van der Waals surface area (Å²) >= 11 is 5.72. The van der Waals surface area contributed by atoms with Gasteiger partial charge in [0, 0.05) is 26.2 Å². The summed E-state index contributed by atoms with van der Waals surface area (Å²) in [5, 5.41) is -0.219. The van der Waals surface area contributed by atoms with Crippen molar-refractivity contribution < 1.29 is 13.2 Å². The largest absolute Gasteiger partial charge is 0.451 e. The van der Waals surface area contributed by atoms with Gasteiger partial charge in [-0.2, -0.15) is 13.2 Å². The number of alkyl halides is 3. The van der Waals surface area contributed by atoms with Crippen molar-refractivity contribution in [2.75, 3.05) is 18.0 Å². The summed E-state index contributed by atoms with van der Waals surface area (Å²) < 4.78 is 40.5. The van der Waals surface area contributed by atoms with E-state index in [0.717, 1.165) is 16.9 Å². The Labute approximate surface area is 146 Å². The molecule has 0 unspecified atom stereocenters. The van der Waals surface area contributed by atoms with Crippen molar-refractivity contribution in [1.82, 2.24) is 19.5 Å². The molecule has 0 aliphatic carbocycles. The summed E-state index contributed by atoms with van der Waals surface area (Å²) in [6.07, 6.45) is -4.62. The van der Waals surface area contributed by atoms with E-state index in [-0.39, 0.29) is 16.9 Å². The average molecular weight is 368 g/mol. The molecule has 0 atom stereocenters. The monoisotopic (exact) mass is 367 g/mol. The van der Waals surface area contributed by atoms with Crippen molar-refractivity contribution in [3.8, 4) is 0 Å². The number of imidazole rings is 1. The minimum Gasteiger partial charge on any atom is -0.355 e. The van der Waals surface area contributed by atoms with E-state index in [1.807, 2.05) is 35.9 Å². The molecule has 0 amide bonds. The van der Waals surface area contributed by atoms with E-state index >= 15 is 0 Å². The first-order valence-electron chi connectivity index (χ1n) is 7.61. The Kier molecular flexibility index (Phi) is 3.61. The Morgan fingerprint density at radius 3 is 2.52 bits per heavy atom. The first-order valence-corrected chi connectivity index (χ1v) is 7.99. The molecule has 2 aromatic heterocycles. The molecule has 5 nitrogen and oxygen atoms in total. The number of fused-ring (bicyclic) bond motifs is 1. The molecule has 0 saturated carbocycles. The van der Waals surface area contributed by atoms with E-state index in [2.05, 4.69) is 15.0 Å². The fourth-order valence-corrected chi connectivity index (χ4v) is 3.23. The van der Waals surface area contributed by atoms with Crippen molar-refractivity contribution in [3.63, 3.8) is 0 Å². The van der Waals surface area contributed by atoms with Crippen LogP contribution in [0.2, 0.25) is 5.15 Å². The van der Waals surface area contributed by atoms with Crippen LogP contribution in [0.5, 0.6) is 0 Å². The first-order chi connectivity index (χ1) is 11.8. The minimum atomic E-state index is -4.62. The number of rotatable bonds is 2. The lowest BCUT2D eigenvalue weighted by atomic mass is 9.99. The molecule has 1 saturated heterocycles. The summed E-state index contributed by atoms with van der Waals surface area (Å²) in [4.78, 5) is 13.2. The van der Waals surface area contributed by atoms with Crippen molar-refractivity contribution >= 4 is 28.5 Å². The maximum atomic E-state index is 12.8. The van der Waals surface area contributed by atoms with Crippen LogP contribution in [-0.4, -0.2) is 32.6 Å². The maximum absolute atomic E-state index is 12.8. The Hall–Kier alpha value is -2.35. The minimum absolute atomic E-state index is 0.125. The number of benzene rings is 1. The van der Waals surface area contributed by atoms with Gasteiger partial charge in [-0.25, -0.2) is 15.0 Å². The van der Waals surface area contributed by atoms with E-state index in [1.54, 1.807) is 4.90 Å². The second kappa shape index (κ2) is 5.59. The maximum Gasteiger partial charge on any atom is 0.451 e. The number of aryl methyl sites for hydroxylation is 1. The number of hydrogen-bond acceptors (Lipinski definition) is 4. The van der Waals surface area contributed by atoms with Crippen molar-refractivity contribution in [1.29, 1.82) is 0 Å². The third-order valence-electron chi connectivity index (χ3n) is 4.33. The predicted molar refractivity (Wildman–Crippen MR) is 87.7 cm³/mol. The SMILES string of the molecule is Cn1c(C2CN(c3cc(Cl)nc(C(F)(F)F)n3)C2)nc2ccccc21. The number of para-hydroxylation sites is 2. The molecule has 25 heavy (non-hydrogen) atoms. The van der Waals surface area contributed by atoms with Crippen LogP contribution in [0.15, 0.2) is 30.3 Å². The fraction of sp³-hybridized carbons (Fsp3) is 0.312. The lowest BCUT2D eigenvalue weighted by molar-refractivity contribution is -0.144. The molecule has 1 aliphatic heterocycles. The third-order valence-corrected chi connectivity index (χ3v) is 4.52. The standard InChI is InChI=1S/C16H13ClF3N5/c1-24-11-5-3-2-4-10(11)21-14(24)9-7-25(8-9)13-6-12(17)22-15(23-13)16(18,19)20/h2-6,9H,7-8H2,1H3. The van der Waals surface area contributed by atoms with Crippen LogP contribution in [0.4, 0.5) is 19.0 Å². The zero-order chi connectivity index (χ0) is 17.8. The van der Waals surface area contributed by atoms with E-state index in [4.69, 9.17) is 11.6 Å². The molecular formula is C16H13ClF3N5. The number of hydrogen-bond donors (Lipinski definition) is 0. The molecule has 9 heteroatoms. The lowest BCUT2D eigenvalue weighted by Crippen LogP contribution is -2.46. The van der Waals surface area contributed by atoms with Gasteiger partial charge >= 0.3 is 6.18 Å². The van der Waals surface area contributed by atoms with Crippen LogP contribution in [-0.2, 0) is 13.2 Å². The molecule has 0 N–H and O–H groups in total. The van der Waals surface area contributed by atoms with Gasteiger partial charge < -0.3 is 9.47 Å². The lowest BCUT2D eigenvalue weighted by Gasteiger charge is -2.39. The average Bonchev–Trinajstić information content (AvgIpc) is 2.82. The first kappa shape index (κ1) is 16.1. The Morgan fingerprint density at radius 2 is 1.84 bits per heavy atom. The van der Waals surface area contributed by atoms with Crippen LogP contribution in [0.3, 0.4) is 0 Å². The zero-order valence-electron chi connectivity index (χ0n) is 13.1. The summed E-state index contributed by atoms with van der Waals surface area (Å²) in [5.74, 6) is -0.00218. The van der Waals surface area contributed by atoms with Gasteiger partial charge in [0.05, 0.1) is 17.0 Å². The predicted octanol–water partition coefficient (Wildman–Crippen LogP) is 3.64. The topological polar surface area (TPSA) is 46.8 Å². The second-order valence-corrected chi connectivity index (χ2v) is 6.38. The van der Waals surface area contributed by atoms with Crippen molar-refractivity contribution in [2.24, 2.45) is 7.05 Å². The molecule has 1 aliphatic rings. The third kappa shape index (κ3) is 2.80. The van der Waals surface area contributed by atoms with Gasteiger partial charge in [0.25, 0.3) is 0 Å². The van der Waals surface area contributed by atoms with E-state index in [1.165, 1.54) is 6.07 Å². The fourth-order valence-electron chi connectivity index (χ4n) is 3.05. The highest BCUT2D eigenvalue weighted by Crippen LogP contribution is 2.34. The molecular weight excluding hydrogens is 355 g/mol. The molecule has 0 bridgehead atoms. The van der Waals surface area contributed by atoms with Gasteiger partial charge in [-0.1, -0.05) is 23.7 Å². The normalized spacial score (nSPS) is 15.6. The summed E-state index contributed by atoms with van der Waals surface area (Å²) in [6, 6.07) is 9.15. The molecule has 0 spiro atoms. The number of halogens is 4. The van der Waals surface area contributed by atoms with Crippen molar-refractivity contribution in [2.45, 2.75) is 12.1 Å². The zero-order valence-corrected chi connectivity index (χ0v) is 13.9. The van der Waals surface area contributed by atoms with Gasteiger partial charge in [0.1, 0.15) is 16.8 Å². The van der Waals surface area contributed by atoms with Crippen LogP contribution in [0.25, 0.3) is 11.0 Å². The summed E-state index contributed by atoms with van der Waals surface area (Å²) in [5.41, 5.74) is 1.93. The van der Waals surface area contributed by atoms with E-state index in [0.29, 0.717) is 13.1 Å². The van der Waals surface area contributed by atoms with Gasteiger partial charge in [0.15, 0.2) is 0 Å². The van der Waals surface area contributed by atoms with Crippen LogP contribution >= 0.6 is 11.6 Å². The summed E-state index contributed by atoms with van der Waals surface area (Å²) in [7, 11) is 1.94. The van der Waals surface area contributed by atoms with Crippen LogP contribution < -0.4 is 4.90 Å². The van der Waals surface area contributed by atoms with Crippen LogP contribution in [0, 0.1) is 0 Å². The second-order valence-electron chi connectivity index (χ2n) is 5.99. The number of nitrogens with zero attached hydrogens (tertiary/aromatic N) is 5. The molecule has 1 aromatic carbocycles. The Bertz CT molecular complexity index is 947. The molecule has 3 aromatic rings. The molecule has 4 rings (SSSR count). The molecule has 130 valence electrons.